The fourth-order valence-electron chi connectivity index (χ4n) is 2.53. The molecule has 2 nitrogen and oxygen atoms in total. The Kier molecular flexibility index (Phi) is 3.73. The van der Waals surface area contributed by atoms with Crippen LogP contribution in [0.5, 0.6) is 0 Å². The maximum absolute atomic E-state index is 5.63. The van der Waals surface area contributed by atoms with Gasteiger partial charge in [0.2, 0.25) is 0 Å². The lowest BCUT2D eigenvalue weighted by Crippen LogP contribution is -2.27. The topological polar surface area (TPSA) is 29.3 Å². The van der Waals surface area contributed by atoms with Crippen molar-refractivity contribution in [1.82, 2.24) is 0 Å². The summed E-state index contributed by atoms with van der Waals surface area (Å²) in [6.07, 6.45) is 1.25. The van der Waals surface area contributed by atoms with Gasteiger partial charge in [0.1, 0.15) is 4.99 Å². The van der Waals surface area contributed by atoms with Crippen LogP contribution in [0.2, 0.25) is 0 Å². The van der Waals surface area contributed by atoms with Gasteiger partial charge in [0, 0.05) is 22.6 Å². The van der Waals surface area contributed by atoms with Gasteiger partial charge in [-0.15, -0.1) is 0 Å². The van der Waals surface area contributed by atoms with Crippen molar-refractivity contribution in [2.45, 2.75) is 26.3 Å². The molecule has 1 saturated heterocycles. The molecule has 0 aliphatic carbocycles. The fraction of sp³-hybridized carbons (Fsp3) is 0.462. The minimum absolute atomic E-state index is 0.445. The zero-order chi connectivity index (χ0) is 12.6. The maximum atomic E-state index is 5.63. The molecule has 1 heterocycles. The van der Waals surface area contributed by atoms with Crippen molar-refractivity contribution in [2.24, 2.45) is 11.7 Å². The number of benzene rings is 1. The minimum Gasteiger partial charge on any atom is -0.389 e. The third-order valence-corrected chi connectivity index (χ3v) is 4.20. The van der Waals surface area contributed by atoms with Crippen LogP contribution in [0.1, 0.15) is 25.8 Å². The van der Waals surface area contributed by atoms with Crippen LogP contribution in [0, 0.1) is 5.92 Å². The van der Waals surface area contributed by atoms with E-state index in [0.717, 1.165) is 22.5 Å². The number of thiocarbonyl (C=S) groups is 1. The summed E-state index contributed by atoms with van der Waals surface area (Å²) in [4.78, 5) is 2.89. The number of nitrogens with two attached hydrogens (primary N) is 1. The van der Waals surface area contributed by atoms with Crippen LogP contribution in [0.3, 0.4) is 0 Å². The smallest absolute Gasteiger partial charge is 0.104 e. The highest BCUT2D eigenvalue weighted by Gasteiger charge is 2.27. The predicted octanol–water partition coefficient (Wildman–Crippen LogP) is 3.32. The Hall–Kier alpha value is -0.610. The van der Waals surface area contributed by atoms with Crippen molar-refractivity contribution in [3.05, 3.63) is 28.2 Å². The summed E-state index contributed by atoms with van der Waals surface area (Å²) in [5, 5.41) is 0. The summed E-state index contributed by atoms with van der Waals surface area (Å²) < 4.78 is 1.07. The van der Waals surface area contributed by atoms with E-state index < -0.39 is 0 Å². The number of halogens is 1. The van der Waals surface area contributed by atoms with E-state index in [4.69, 9.17) is 18.0 Å². The lowest BCUT2D eigenvalue weighted by atomic mass is 10.1. The van der Waals surface area contributed by atoms with Gasteiger partial charge in [-0.2, -0.15) is 0 Å². The third kappa shape index (κ3) is 2.63. The van der Waals surface area contributed by atoms with Gasteiger partial charge in [-0.05, 0) is 53.4 Å². The normalized spacial score (nSPS) is 24.1. The standard InChI is InChI=1S/C13H17BrN2S/c1-8-5-9(2)16(7-8)12-4-3-10(13(15)17)6-11(12)14/h3-4,6,8-9H,5,7H2,1-2H3,(H2,15,17). The molecule has 0 radical (unpaired) electrons. The van der Waals surface area contributed by atoms with E-state index >= 15 is 0 Å². The third-order valence-electron chi connectivity index (χ3n) is 3.33. The first-order valence-corrected chi connectivity index (χ1v) is 7.05. The second-order valence-corrected chi connectivity index (χ2v) is 6.17. The van der Waals surface area contributed by atoms with Crippen molar-refractivity contribution in [3.63, 3.8) is 0 Å². The van der Waals surface area contributed by atoms with Gasteiger partial charge >= 0.3 is 0 Å². The number of hydrogen-bond donors (Lipinski definition) is 1. The Morgan fingerprint density at radius 3 is 2.65 bits per heavy atom. The Labute approximate surface area is 116 Å². The molecular weight excluding hydrogens is 296 g/mol. The lowest BCUT2D eigenvalue weighted by molar-refractivity contribution is 0.625. The van der Waals surface area contributed by atoms with Crippen molar-refractivity contribution in [3.8, 4) is 0 Å². The highest BCUT2D eigenvalue weighted by Crippen LogP contribution is 2.34. The summed E-state index contributed by atoms with van der Waals surface area (Å²) in [6, 6.07) is 6.70. The van der Waals surface area contributed by atoms with Gasteiger partial charge < -0.3 is 10.6 Å². The average Bonchev–Trinajstić information content (AvgIpc) is 2.57. The Morgan fingerprint density at radius 2 is 2.18 bits per heavy atom. The van der Waals surface area contributed by atoms with Crippen LogP contribution in [0.15, 0.2) is 22.7 Å². The summed E-state index contributed by atoms with van der Waals surface area (Å²) in [5.41, 5.74) is 7.78. The van der Waals surface area contributed by atoms with Gasteiger partial charge in [-0.3, -0.25) is 0 Å². The van der Waals surface area contributed by atoms with Crippen molar-refractivity contribution in [1.29, 1.82) is 0 Å². The molecule has 0 saturated carbocycles. The van der Waals surface area contributed by atoms with Crippen LogP contribution in [0.4, 0.5) is 5.69 Å². The van der Waals surface area contributed by atoms with E-state index in [1.54, 1.807) is 0 Å². The molecule has 0 aromatic heterocycles. The van der Waals surface area contributed by atoms with E-state index in [1.165, 1.54) is 12.1 Å². The maximum Gasteiger partial charge on any atom is 0.104 e. The predicted molar refractivity (Wildman–Crippen MR) is 80.6 cm³/mol. The van der Waals surface area contributed by atoms with Gasteiger partial charge in [0.25, 0.3) is 0 Å². The first-order valence-electron chi connectivity index (χ1n) is 5.85. The number of nitrogens with zero attached hydrogens (tertiary/aromatic N) is 1. The Bertz CT molecular complexity index is 447. The van der Waals surface area contributed by atoms with Gasteiger partial charge in [0.05, 0.1) is 5.69 Å². The molecule has 2 N–H and O–H groups in total. The molecule has 1 aliphatic rings. The molecular formula is C13H17BrN2S. The number of rotatable bonds is 2. The highest BCUT2D eigenvalue weighted by atomic mass is 79.9. The van der Waals surface area contributed by atoms with Gasteiger partial charge in [-0.1, -0.05) is 19.1 Å². The molecule has 2 rings (SSSR count). The van der Waals surface area contributed by atoms with Crippen molar-refractivity contribution < 1.29 is 0 Å². The van der Waals surface area contributed by atoms with Gasteiger partial charge in [-0.25, -0.2) is 0 Å². The molecule has 4 heteroatoms. The first-order chi connectivity index (χ1) is 7.99. The van der Waals surface area contributed by atoms with Crippen molar-refractivity contribution >= 4 is 38.8 Å². The molecule has 1 aliphatic heterocycles. The highest BCUT2D eigenvalue weighted by molar-refractivity contribution is 9.10. The number of hydrogen-bond acceptors (Lipinski definition) is 2. The molecule has 1 fully saturated rings. The average molecular weight is 313 g/mol. The fourth-order valence-corrected chi connectivity index (χ4v) is 3.26. The summed E-state index contributed by atoms with van der Waals surface area (Å²) in [5.74, 6) is 0.757. The summed E-state index contributed by atoms with van der Waals surface area (Å²) >= 11 is 8.60. The van der Waals surface area contributed by atoms with Crippen LogP contribution in [-0.4, -0.2) is 17.6 Å². The molecule has 0 amide bonds. The summed E-state index contributed by atoms with van der Waals surface area (Å²) in [6.45, 7) is 5.69. The largest absolute Gasteiger partial charge is 0.389 e. The molecule has 0 spiro atoms. The number of anilines is 1. The molecule has 0 bridgehead atoms. The van der Waals surface area contributed by atoms with Crippen molar-refractivity contribution in [2.75, 3.05) is 11.4 Å². The zero-order valence-corrected chi connectivity index (χ0v) is 12.5. The van der Waals surface area contributed by atoms with Crippen LogP contribution < -0.4 is 10.6 Å². The Balaban J connectivity index is 2.31. The molecule has 92 valence electrons. The molecule has 1 aromatic rings. The monoisotopic (exact) mass is 312 g/mol. The zero-order valence-electron chi connectivity index (χ0n) is 10.1. The summed E-state index contributed by atoms with van der Waals surface area (Å²) in [7, 11) is 0. The second kappa shape index (κ2) is 4.94. The SMILES string of the molecule is CC1CC(C)N(c2ccc(C(N)=S)cc2Br)C1. The molecule has 17 heavy (non-hydrogen) atoms. The van der Waals surface area contributed by atoms with E-state index in [9.17, 15) is 0 Å². The molecule has 2 unspecified atom stereocenters. The van der Waals surface area contributed by atoms with E-state index in [0.29, 0.717) is 11.0 Å². The van der Waals surface area contributed by atoms with Crippen LogP contribution >= 0.6 is 28.1 Å². The molecule has 2 atom stereocenters. The Morgan fingerprint density at radius 1 is 1.47 bits per heavy atom. The van der Waals surface area contributed by atoms with Crippen LogP contribution in [-0.2, 0) is 0 Å². The first kappa shape index (κ1) is 12.8. The minimum atomic E-state index is 0.445. The van der Waals surface area contributed by atoms with Crippen LogP contribution in [0.25, 0.3) is 0 Å². The van der Waals surface area contributed by atoms with Gasteiger partial charge in [0.15, 0.2) is 0 Å². The van der Waals surface area contributed by atoms with E-state index in [-0.39, 0.29) is 0 Å². The van der Waals surface area contributed by atoms with E-state index in [1.807, 2.05) is 12.1 Å². The second-order valence-electron chi connectivity index (χ2n) is 4.87. The lowest BCUT2D eigenvalue weighted by Gasteiger charge is -2.25. The molecule has 1 aromatic carbocycles. The van der Waals surface area contributed by atoms with E-state index in [2.05, 4.69) is 40.7 Å². The quantitative estimate of drug-likeness (QED) is 0.849.